The van der Waals surface area contributed by atoms with Crippen molar-refractivity contribution in [1.82, 2.24) is 0 Å². The minimum Gasteiger partial charge on any atom is -0.462 e. The van der Waals surface area contributed by atoms with E-state index in [0.29, 0.717) is 17.9 Å². The van der Waals surface area contributed by atoms with Crippen LogP contribution < -0.4 is 10.2 Å². The van der Waals surface area contributed by atoms with Crippen LogP contribution in [0.4, 0.5) is 11.4 Å². The number of rotatable bonds is 6. The van der Waals surface area contributed by atoms with Crippen LogP contribution in [0.5, 0.6) is 0 Å². The van der Waals surface area contributed by atoms with Crippen LogP contribution in [0, 0.1) is 0 Å². The van der Waals surface area contributed by atoms with Gasteiger partial charge in [-0.3, -0.25) is 4.79 Å². The summed E-state index contributed by atoms with van der Waals surface area (Å²) in [5.74, 6) is -0.609. The Hall–Kier alpha value is -3.08. The average molecular weight is 338 g/mol. The Balaban J connectivity index is 1.94. The van der Waals surface area contributed by atoms with Gasteiger partial charge >= 0.3 is 5.97 Å². The van der Waals surface area contributed by atoms with Crippen LogP contribution in [-0.2, 0) is 9.53 Å². The van der Waals surface area contributed by atoms with Crippen molar-refractivity contribution in [1.29, 1.82) is 0 Å². The Morgan fingerprint density at radius 2 is 1.68 bits per heavy atom. The third-order valence-corrected chi connectivity index (χ3v) is 3.50. The normalized spacial score (nSPS) is 10.5. The van der Waals surface area contributed by atoms with Gasteiger partial charge in [0.2, 0.25) is 5.91 Å². The lowest BCUT2D eigenvalue weighted by Gasteiger charge is -2.11. The van der Waals surface area contributed by atoms with Gasteiger partial charge in [0.15, 0.2) is 0 Å². The van der Waals surface area contributed by atoms with E-state index in [2.05, 4.69) is 5.32 Å². The number of hydrogen-bond acceptors (Lipinski definition) is 4. The number of ether oxygens (including phenoxy) is 1. The molecule has 0 unspecified atom stereocenters. The second-order valence-electron chi connectivity index (χ2n) is 5.61. The first-order chi connectivity index (χ1) is 12.0. The number of nitrogens with zero attached hydrogens (tertiary/aromatic N) is 1. The van der Waals surface area contributed by atoms with Crippen LogP contribution in [0.3, 0.4) is 0 Å². The first-order valence-electron chi connectivity index (χ1n) is 8.03. The van der Waals surface area contributed by atoms with Crippen molar-refractivity contribution in [2.75, 3.05) is 30.9 Å². The van der Waals surface area contributed by atoms with Crippen molar-refractivity contribution in [3.05, 3.63) is 65.7 Å². The van der Waals surface area contributed by atoms with Gasteiger partial charge in [0.25, 0.3) is 0 Å². The van der Waals surface area contributed by atoms with Gasteiger partial charge < -0.3 is 15.0 Å². The molecular weight excluding hydrogens is 316 g/mol. The molecule has 130 valence electrons. The highest BCUT2D eigenvalue weighted by molar-refractivity contribution is 6.02. The van der Waals surface area contributed by atoms with E-state index >= 15 is 0 Å². The molecule has 0 saturated heterocycles. The molecule has 0 aliphatic heterocycles. The number of nitrogens with one attached hydrogen (secondary N) is 1. The zero-order valence-electron chi connectivity index (χ0n) is 14.7. The standard InChI is InChI=1S/C20H22N2O3/c1-4-25-20(24)16-8-10-17(11-9-16)21-19(23)14-7-15-5-12-18(13-6-15)22(2)3/h5-14H,4H2,1-3H3,(H,21,23)/b14-7-. The van der Waals surface area contributed by atoms with Crippen LogP contribution in [0.2, 0.25) is 0 Å². The molecule has 0 aliphatic rings. The molecule has 0 atom stereocenters. The van der Waals surface area contributed by atoms with E-state index in [9.17, 15) is 9.59 Å². The predicted octanol–water partition coefficient (Wildman–Crippen LogP) is 3.58. The number of carbonyl (C=O) groups excluding carboxylic acids is 2. The maximum absolute atomic E-state index is 12.0. The summed E-state index contributed by atoms with van der Waals surface area (Å²) in [4.78, 5) is 25.6. The van der Waals surface area contributed by atoms with Crippen LogP contribution >= 0.6 is 0 Å². The van der Waals surface area contributed by atoms with Crippen molar-refractivity contribution >= 4 is 29.3 Å². The zero-order chi connectivity index (χ0) is 18.2. The summed E-state index contributed by atoms with van der Waals surface area (Å²) >= 11 is 0. The Morgan fingerprint density at radius 1 is 1.04 bits per heavy atom. The molecule has 0 fully saturated rings. The molecule has 0 radical (unpaired) electrons. The maximum Gasteiger partial charge on any atom is 0.338 e. The van der Waals surface area contributed by atoms with Crippen LogP contribution in [0.15, 0.2) is 54.6 Å². The van der Waals surface area contributed by atoms with Crippen LogP contribution in [0.25, 0.3) is 6.08 Å². The smallest absolute Gasteiger partial charge is 0.338 e. The summed E-state index contributed by atoms with van der Waals surface area (Å²) in [5, 5.41) is 2.75. The van der Waals surface area contributed by atoms with E-state index in [0.717, 1.165) is 11.3 Å². The van der Waals surface area contributed by atoms with Crippen molar-refractivity contribution in [3.8, 4) is 0 Å². The van der Waals surface area contributed by atoms with Gasteiger partial charge in [-0.05, 0) is 55.0 Å². The third kappa shape index (κ3) is 5.49. The van der Waals surface area contributed by atoms with Crippen LogP contribution in [0.1, 0.15) is 22.8 Å². The topological polar surface area (TPSA) is 58.6 Å². The van der Waals surface area contributed by atoms with Gasteiger partial charge in [-0.15, -0.1) is 0 Å². The minimum atomic E-state index is -0.374. The number of amides is 1. The molecule has 0 saturated carbocycles. The molecule has 0 aromatic heterocycles. The molecule has 0 heterocycles. The minimum absolute atomic E-state index is 0.236. The molecule has 5 nitrogen and oxygen atoms in total. The summed E-state index contributed by atoms with van der Waals surface area (Å²) in [5.41, 5.74) is 3.11. The van der Waals surface area contributed by atoms with Gasteiger partial charge in [-0.25, -0.2) is 4.79 Å². The van der Waals surface area contributed by atoms with E-state index in [1.165, 1.54) is 6.08 Å². The van der Waals surface area contributed by atoms with Gasteiger partial charge in [-0.2, -0.15) is 0 Å². The van der Waals surface area contributed by atoms with Gasteiger partial charge in [0.05, 0.1) is 12.2 Å². The van der Waals surface area contributed by atoms with Crippen molar-refractivity contribution < 1.29 is 14.3 Å². The first kappa shape index (κ1) is 18.3. The Labute approximate surface area is 147 Å². The lowest BCUT2D eigenvalue weighted by molar-refractivity contribution is -0.111. The SMILES string of the molecule is CCOC(=O)c1ccc(NC(=O)/C=C\c2ccc(N(C)C)cc2)cc1. The van der Waals surface area contributed by atoms with Crippen molar-refractivity contribution in [3.63, 3.8) is 0 Å². The number of hydrogen-bond donors (Lipinski definition) is 1. The van der Waals surface area contributed by atoms with E-state index in [4.69, 9.17) is 4.74 Å². The number of anilines is 2. The second kappa shape index (κ2) is 8.68. The van der Waals surface area contributed by atoms with E-state index in [1.54, 1.807) is 37.3 Å². The quantitative estimate of drug-likeness (QED) is 0.646. The summed E-state index contributed by atoms with van der Waals surface area (Å²) < 4.78 is 4.92. The fourth-order valence-corrected chi connectivity index (χ4v) is 2.14. The number of carbonyl (C=O) groups is 2. The van der Waals surface area contributed by atoms with E-state index < -0.39 is 0 Å². The molecule has 5 heteroatoms. The second-order valence-corrected chi connectivity index (χ2v) is 5.61. The number of esters is 1. The Morgan fingerprint density at radius 3 is 2.24 bits per heavy atom. The fourth-order valence-electron chi connectivity index (χ4n) is 2.14. The van der Waals surface area contributed by atoms with Crippen molar-refractivity contribution in [2.45, 2.75) is 6.92 Å². The van der Waals surface area contributed by atoms with Gasteiger partial charge in [-0.1, -0.05) is 12.1 Å². The Kier molecular flexibility index (Phi) is 6.34. The maximum atomic E-state index is 12.0. The molecular formula is C20H22N2O3. The third-order valence-electron chi connectivity index (χ3n) is 3.50. The molecule has 2 aromatic carbocycles. The zero-order valence-corrected chi connectivity index (χ0v) is 14.7. The van der Waals surface area contributed by atoms with Crippen LogP contribution in [-0.4, -0.2) is 32.6 Å². The molecule has 2 rings (SSSR count). The molecule has 0 bridgehead atoms. The molecule has 2 aromatic rings. The molecule has 1 amide bonds. The summed E-state index contributed by atoms with van der Waals surface area (Å²) in [7, 11) is 3.96. The highest BCUT2D eigenvalue weighted by atomic mass is 16.5. The summed E-state index contributed by atoms with van der Waals surface area (Å²) in [6.45, 7) is 2.09. The molecule has 1 N–H and O–H groups in total. The first-order valence-corrected chi connectivity index (χ1v) is 8.03. The fraction of sp³-hybridized carbons (Fsp3) is 0.200. The number of benzene rings is 2. The van der Waals surface area contributed by atoms with Gasteiger partial charge in [0, 0.05) is 31.5 Å². The van der Waals surface area contributed by atoms with E-state index in [-0.39, 0.29) is 11.9 Å². The lowest BCUT2D eigenvalue weighted by atomic mass is 10.2. The summed E-state index contributed by atoms with van der Waals surface area (Å²) in [6, 6.07) is 14.5. The lowest BCUT2D eigenvalue weighted by Crippen LogP contribution is -2.09. The Bertz CT molecular complexity index is 748. The monoisotopic (exact) mass is 338 g/mol. The highest BCUT2D eigenvalue weighted by Gasteiger charge is 2.06. The molecule has 25 heavy (non-hydrogen) atoms. The molecule has 0 aliphatic carbocycles. The largest absolute Gasteiger partial charge is 0.462 e. The molecule has 0 spiro atoms. The van der Waals surface area contributed by atoms with Crippen molar-refractivity contribution in [2.24, 2.45) is 0 Å². The predicted molar refractivity (Wildman–Crippen MR) is 101 cm³/mol. The van der Waals surface area contributed by atoms with Gasteiger partial charge in [0.1, 0.15) is 0 Å². The van der Waals surface area contributed by atoms with E-state index in [1.807, 2.05) is 43.3 Å². The highest BCUT2D eigenvalue weighted by Crippen LogP contribution is 2.14. The average Bonchev–Trinajstić information content (AvgIpc) is 2.61. The summed E-state index contributed by atoms with van der Waals surface area (Å²) in [6.07, 6.45) is 3.23.